The minimum atomic E-state index is -4.37. The lowest BCUT2D eigenvalue weighted by molar-refractivity contribution is -0.161. The average molecular weight is 688 g/mol. The summed E-state index contributed by atoms with van der Waals surface area (Å²) in [7, 11) is -4.37. The second kappa shape index (κ2) is 34.4. The molecule has 0 fully saturated rings. The Bertz CT molecular complexity index is 835. The molecule has 276 valence electrons. The first-order valence-corrected chi connectivity index (χ1v) is 20.3. The van der Waals surface area contributed by atoms with Gasteiger partial charge in [0.1, 0.15) is 6.61 Å². The molecule has 0 aliphatic rings. The summed E-state index contributed by atoms with van der Waals surface area (Å²) in [6.45, 7) is 3.66. The third kappa shape index (κ3) is 34.2. The van der Waals surface area contributed by atoms with Crippen molar-refractivity contribution in [1.29, 1.82) is 0 Å². The Balaban J connectivity index is 4.26. The highest BCUT2D eigenvalue weighted by Crippen LogP contribution is 2.43. The Morgan fingerprint density at radius 2 is 1.04 bits per heavy atom. The number of allylic oxidation sites excluding steroid dienone is 4. The fraction of sp³-hybridized carbons (Fsp3) is 0.838. The van der Waals surface area contributed by atoms with Crippen LogP contribution in [-0.4, -0.2) is 49.3 Å². The van der Waals surface area contributed by atoms with E-state index in [-0.39, 0.29) is 32.6 Å². The van der Waals surface area contributed by atoms with Crippen molar-refractivity contribution in [2.45, 2.75) is 174 Å². The molecule has 0 rings (SSSR count). The van der Waals surface area contributed by atoms with E-state index in [0.717, 1.165) is 70.6 Å². The maximum Gasteiger partial charge on any atom is 0.472 e. The molecule has 2 atom stereocenters. The Labute approximate surface area is 287 Å². The van der Waals surface area contributed by atoms with E-state index in [9.17, 15) is 19.0 Å². The first-order valence-electron chi connectivity index (χ1n) is 18.8. The number of phosphoric ester groups is 1. The van der Waals surface area contributed by atoms with Gasteiger partial charge in [0.05, 0.1) is 13.2 Å². The quantitative estimate of drug-likeness (QED) is 0.0289. The lowest BCUT2D eigenvalue weighted by Gasteiger charge is -2.19. The van der Waals surface area contributed by atoms with Gasteiger partial charge in [-0.2, -0.15) is 0 Å². The smallest absolute Gasteiger partial charge is 0.462 e. The van der Waals surface area contributed by atoms with Crippen LogP contribution in [0.1, 0.15) is 168 Å². The number of phosphoric acid groups is 1. The van der Waals surface area contributed by atoms with Crippen molar-refractivity contribution in [2.24, 2.45) is 5.73 Å². The molecular weight excluding hydrogens is 617 g/mol. The Morgan fingerprint density at radius 3 is 1.55 bits per heavy atom. The maximum absolute atomic E-state index is 12.5. The zero-order valence-corrected chi connectivity index (χ0v) is 30.9. The first-order chi connectivity index (χ1) is 22.8. The summed E-state index contributed by atoms with van der Waals surface area (Å²) in [5.41, 5.74) is 5.32. The fourth-order valence-electron chi connectivity index (χ4n) is 4.97. The molecule has 0 aromatic carbocycles. The maximum atomic E-state index is 12.5. The van der Waals surface area contributed by atoms with Gasteiger partial charge in [-0.25, -0.2) is 4.57 Å². The monoisotopic (exact) mass is 687 g/mol. The van der Waals surface area contributed by atoms with Crippen molar-refractivity contribution in [3.05, 3.63) is 24.3 Å². The van der Waals surface area contributed by atoms with Crippen LogP contribution < -0.4 is 5.73 Å². The molecule has 47 heavy (non-hydrogen) atoms. The molecule has 0 spiro atoms. The second-order valence-corrected chi connectivity index (χ2v) is 13.9. The molecule has 1 unspecified atom stereocenters. The van der Waals surface area contributed by atoms with Gasteiger partial charge in [0.15, 0.2) is 6.10 Å². The Hall–Kier alpha value is -1.51. The van der Waals surface area contributed by atoms with Crippen LogP contribution in [-0.2, 0) is 32.7 Å². The standard InChI is InChI=1S/C37H70NO8P/c1-3-5-7-9-11-13-15-17-18-20-22-24-26-28-30-37(40)46-35(34-45-47(41,42)44-32-31-38)33-43-36(39)29-27-25-23-21-19-16-14-12-10-8-6-4-2/h12,14-15,17,35H,3-11,13,16,18-34,38H2,1-2H3,(H,41,42)/b14-12+,17-15+/t35-/m1/s1. The highest BCUT2D eigenvalue weighted by Gasteiger charge is 2.25. The minimum Gasteiger partial charge on any atom is -0.462 e. The van der Waals surface area contributed by atoms with Crippen LogP contribution in [0.2, 0.25) is 0 Å². The van der Waals surface area contributed by atoms with E-state index in [1.54, 1.807) is 0 Å². The van der Waals surface area contributed by atoms with Crippen LogP contribution in [0.25, 0.3) is 0 Å². The number of hydrogen-bond donors (Lipinski definition) is 2. The second-order valence-electron chi connectivity index (χ2n) is 12.4. The summed E-state index contributed by atoms with van der Waals surface area (Å²) >= 11 is 0. The highest BCUT2D eigenvalue weighted by molar-refractivity contribution is 7.47. The summed E-state index contributed by atoms with van der Waals surface area (Å²) in [5.74, 6) is -0.850. The molecule has 9 nitrogen and oxygen atoms in total. The lowest BCUT2D eigenvalue weighted by Crippen LogP contribution is -2.29. The van der Waals surface area contributed by atoms with Crippen LogP contribution in [0.5, 0.6) is 0 Å². The zero-order chi connectivity index (χ0) is 34.7. The predicted octanol–water partition coefficient (Wildman–Crippen LogP) is 10.0. The molecule has 0 aliphatic carbocycles. The number of hydrogen-bond acceptors (Lipinski definition) is 8. The molecule has 0 aromatic rings. The number of ether oxygens (including phenoxy) is 2. The third-order valence-corrected chi connectivity index (χ3v) is 8.79. The van der Waals surface area contributed by atoms with Gasteiger partial charge in [0.25, 0.3) is 0 Å². The van der Waals surface area contributed by atoms with Crippen molar-refractivity contribution >= 4 is 19.8 Å². The number of carbonyl (C=O) groups excluding carboxylic acids is 2. The van der Waals surface area contributed by atoms with Gasteiger partial charge in [0, 0.05) is 19.4 Å². The van der Waals surface area contributed by atoms with Crippen molar-refractivity contribution in [3.8, 4) is 0 Å². The topological polar surface area (TPSA) is 134 Å². The molecule has 0 aliphatic heterocycles. The minimum absolute atomic E-state index is 0.0516. The molecule has 0 radical (unpaired) electrons. The molecule has 0 amide bonds. The summed E-state index contributed by atoms with van der Waals surface area (Å²) in [5, 5.41) is 0. The van der Waals surface area contributed by atoms with Crippen LogP contribution in [0.15, 0.2) is 24.3 Å². The van der Waals surface area contributed by atoms with Gasteiger partial charge in [0.2, 0.25) is 0 Å². The Morgan fingerprint density at radius 1 is 0.617 bits per heavy atom. The van der Waals surface area contributed by atoms with E-state index >= 15 is 0 Å². The summed E-state index contributed by atoms with van der Waals surface area (Å²) in [6.07, 6.45) is 33.5. The molecule has 0 saturated carbocycles. The number of esters is 2. The average Bonchev–Trinajstić information content (AvgIpc) is 3.05. The van der Waals surface area contributed by atoms with Gasteiger partial charge in [-0.15, -0.1) is 0 Å². The van der Waals surface area contributed by atoms with E-state index in [4.69, 9.17) is 24.3 Å². The lowest BCUT2D eigenvalue weighted by atomic mass is 10.1. The van der Waals surface area contributed by atoms with Crippen LogP contribution in [0, 0.1) is 0 Å². The van der Waals surface area contributed by atoms with E-state index in [1.807, 2.05) is 0 Å². The van der Waals surface area contributed by atoms with Crippen LogP contribution in [0.4, 0.5) is 0 Å². The van der Waals surface area contributed by atoms with Gasteiger partial charge in [-0.1, -0.05) is 115 Å². The normalized spacial score (nSPS) is 13.7. The van der Waals surface area contributed by atoms with Crippen LogP contribution in [0.3, 0.4) is 0 Å². The first kappa shape index (κ1) is 45.5. The molecular formula is C37H70NO8P. The third-order valence-electron chi connectivity index (χ3n) is 7.81. The van der Waals surface area contributed by atoms with Gasteiger partial charge in [-0.05, 0) is 64.2 Å². The molecule has 3 N–H and O–H groups in total. The van der Waals surface area contributed by atoms with E-state index in [0.29, 0.717) is 6.42 Å². The number of nitrogens with two attached hydrogens (primary N) is 1. The van der Waals surface area contributed by atoms with E-state index in [2.05, 4.69) is 38.2 Å². The SMILES string of the molecule is CCCCC/C=C/CCCCCCCC(=O)OC[C@H](COP(=O)(O)OCCN)OC(=O)CCCCCCC/C=C/CCCCCCC. The number of carbonyl (C=O) groups is 2. The summed E-state index contributed by atoms with van der Waals surface area (Å²) in [4.78, 5) is 34.6. The number of rotatable bonds is 35. The van der Waals surface area contributed by atoms with Gasteiger partial charge >= 0.3 is 19.8 Å². The summed E-state index contributed by atoms with van der Waals surface area (Å²) in [6, 6.07) is 0. The highest BCUT2D eigenvalue weighted by atomic mass is 31.2. The van der Waals surface area contributed by atoms with Crippen molar-refractivity contribution in [1.82, 2.24) is 0 Å². The fourth-order valence-corrected chi connectivity index (χ4v) is 5.74. The Kier molecular flexibility index (Phi) is 33.3. The van der Waals surface area contributed by atoms with Crippen LogP contribution >= 0.6 is 7.82 Å². The molecule has 0 saturated heterocycles. The largest absolute Gasteiger partial charge is 0.472 e. The predicted molar refractivity (Wildman–Crippen MR) is 192 cm³/mol. The zero-order valence-electron chi connectivity index (χ0n) is 30.0. The van der Waals surface area contributed by atoms with Gasteiger partial charge < -0.3 is 20.1 Å². The van der Waals surface area contributed by atoms with Crippen molar-refractivity contribution in [2.75, 3.05) is 26.4 Å². The van der Waals surface area contributed by atoms with Gasteiger partial charge in [-0.3, -0.25) is 18.6 Å². The molecule has 0 bridgehead atoms. The molecule has 0 aromatic heterocycles. The van der Waals surface area contributed by atoms with Crippen molar-refractivity contribution < 1.29 is 37.6 Å². The van der Waals surface area contributed by atoms with E-state index < -0.39 is 32.5 Å². The molecule has 10 heteroatoms. The van der Waals surface area contributed by atoms with E-state index in [1.165, 1.54) is 64.2 Å². The summed E-state index contributed by atoms with van der Waals surface area (Å²) < 4.78 is 32.6. The van der Waals surface area contributed by atoms with Crippen molar-refractivity contribution in [3.63, 3.8) is 0 Å². The number of unbranched alkanes of at least 4 members (excludes halogenated alkanes) is 18. The molecule has 0 heterocycles.